The fraction of sp³-hybridized carbons (Fsp3) is 0.167. The van der Waals surface area contributed by atoms with Crippen molar-refractivity contribution in [2.45, 2.75) is 0 Å². The average Bonchev–Trinajstić information content (AvgIpc) is 2.38. The van der Waals surface area contributed by atoms with Crippen molar-refractivity contribution in [3.8, 4) is 17.2 Å². The van der Waals surface area contributed by atoms with Crippen molar-refractivity contribution in [3.63, 3.8) is 0 Å². The van der Waals surface area contributed by atoms with E-state index in [1.54, 1.807) is 0 Å². The second-order valence-electron chi connectivity index (χ2n) is 3.75. The highest BCUT2D eigenvalue weighted by Crippen LogP contribution is 2.33. The van der Waals surface area contributed by atoms with Crippen LogP contribution in [0.5, 0.6) is 11.5 Å². The van der Waals surface area contributed by atoms with Crippen LogP contribution in [0.4, 0.5) is 0 Å². The number of nitrogens with zero attached hydrogens (tertiary/aromatic N) is 1. The lowest BCUT2D eigenvalue weighted by Crippen LogP contribution is -2.33. The number of hydrogen-bond acceptors (Lipinski definition) is 4. The Morgan fingerprint density at radius 1 is 1.05 bits per heavy atom. The van der Waals surface area contributed by atoms with E-state index in [0.717, 1.165) is 10.6 Å². The fourth-order valence-electron chi connectivity index (χ4n) is 1.71. The first-order chi connectivity index (χ1) is 9.47. The third-order valence-corrected chi connectivity index (χ3v) is 3.09. The third-order valence-electron chi connectivity index (χ3n) is 2.59. The summed E-state index contributed by atoms with van der Waals surface area (Å²) < 4.78 is 11.1. The largest absolute Gasteiger partial charge is 0.495 e. The summed E-state index contributed by atoms with van der Waals surface area (Å²) in [6.07, 6.45) is 0. The molecule has 0 spiro atoms. The Morgan fingerprint density at radius 2 is 1.70 bits per heavy atom. The van der Waals surface area contributed by atoms with Gasteiger partial charge in [-0.2, -0.15) is 0 Å². The fourth-order valence-corrected chi connectivity index (χ4v) is 2.12. The van der Waals surface area contributed by atoms with Crippen LogP contribution in [0.2, 0.25) is 10.2 Å². The van der Waals surface area contributed by atoms with Crippen LogP contribution in [-0.2, 0) is 0 Å². The molecule has 0 atom stereocenters. The van der Waals surface area contributed by atoms with Crippen LogP contribution in [0.15, 0.2) is 27.8 Å². The van der Waals surface area contributed by atoms with Gasteiger partial charge in [0.05, 0.1) is 24.9 Å². The number of rotatable bonds is 3. The third kappa shape index (κ3) is 2.52. The molecule has 1 aromatic heterocycles. The van der Waals surface area contributed by atoms with Crippen molar-refractivity contribution in [1.29, 1.82) is 0 Å². The van der Waals surface area contributed by atoms with E-state index in [4.69, 9.17) is 32.7 Å². The SMILES string of the molecule is COc1cc(-n2c(=O)cc(Cl)[nH]c2=O)c(OC)cc1Cl. The Kier molecular flexibility index (Phi) is 4.06. The molecule has 0 amide bonds. The summed E-state index contributed by atoms with van der Waals surface area (Å²) in [7, 11) is 2.82. The van der Waals surface area contributed by atoms with Gasteiger partial charge in [0.25, 0.3) is 5.56 Å². The number of hydrogen-bond donors (Lipinski definition) is 1. The first kappa shape index (κ1) is 14.5. The number of H-pyrrole nitrogens is 1. The molecule has 6 nitrogen and oxygen atoms in total. The molecule has 0 radical (unpaired) electrons. The zero-order valence-electron chi connectivity index (χ0n) is 10.6. The monoisotopic (exact) mass is 316 g/mol. The van der Waals surface area contributed by atoms with E-state index in [0.29, 0.717) is 10.8 Å². The maximum absolute atomic E-state index is 11.9. The van der Waals surface area contributed by atoms with Gasteiger partial charge in [-0.05, 0) is 0 Å². The molecule has 0 fully saturated rings. The quantitative estimate of drug-likeness (QED) is 0.877. The number of aromatic amines is 1. The lowest BCUT2D eigenvalue weighted by molar-refractivity contribution is 0.401. The molecule has 0 aliphatic carbocycles. The highest BCUT2D eigenvalue weighted by atomic mass is 35.5. The second-order valence-corrected chi connectivity index (χ2v) is 4.57. The first-order valence-corrected chi connectivity index (χ1v) is 6.17. The molecule has 8 heteroatoms. The van der Waals surface area contributed by atoms with Crippen molar-refractivity contribution in [3.05, 3.63) is 49.2 Å². The summed E-state index contributed by atoms with van der Waals surface area (Å²) in [4.78, 5) is 26.2. The van der Waals surface area contributed by atoms with Crippen molar-refractivity contribution in [1.82, 2.24) is 9.55 Å². The Labute approximate surface area is 123 Å². The normalized spacial score (nSPS) is 10.4. The van der Waals surface area contributed by atoms with Gasteiger partial charge in [0.2, 0.25) is 0 Å². The van der Waals surface area contributed by atoms with Gasteiger partial charge in [0.1, 0.15) is 16.7 Å². The van der Waals surface area contributed by atoms with Crippen LogP contribution in [0, 0.1) is 0 Å². The molecule has 20 heavy (non-hydrogen) atoms. The molecule has 1 aromatic carbocycles. The summed E-state index contributed by atoms with van der Waals surface area (Å²) in [5.74, 6) is 0.564. The van der Waals surface area contributed by atoms with Gasteiger partial charge < -0.3 is 9.47 Å². The standard InChI is InChI=1S/C12H10Cl2N2O4/c1-19-8-4-7(9(20-2)3-6(8)13)16-11(17)5-10(14)15-12(16)18/h3-5H,1-2H3,(H,15,18). The summed E-state index contributed by atoms with van der Waals surface area (Å²) in [6, 6.07) is 3.98. The van der Waals surface area contributed by atoms with Gasteiger partial charge in [-0.3, -0.25) is 9.78 Å². The summed E-state index contributed by atoms with van der Waals surface area (Å²) >= 11 is 11.6. The predicted molar refractivity (Wildman–Crippen MR) is 75.8 cm³/mol. The highest BCUT2D eigenvalue weighted by Gasteiger charge is 2.15. The van der Waals surface area contributed by atoms with Crippen molar-refractivity contribution in [2.24, 2.45) is 0 Å². The van der Waals surface area contributed by atoms with Crippen LogP contribution in [-0.4, -0.2) is 23.8 Å². The molecule has 1 N–H and O–H groups in total. The number of halogens is 2. The van der Waals surface area contributed by atoms with Gasteiger partial charge in [0, 0.05) is 18.2 Å². The van der Waals surface area contributed by atoms with Gasteiger partial charge >= 0.3 is 5.69 Å². The van der Waals surface area contributed by atoms with Gasteiger partial charge in [-0.15, -0.1) is 0 Å². The van der Waals surface area contributed by atoms with Crippen LogP contribution in [0.1, 0.15) is 0 Å². The van der Waals surface area contributed by atoms with E-state index in [1.807, 2.05) is 0 Å². The van der Waals surface area contributed by atoms with E-state index in [2.05, 4.69) is 4.98 Å². The molecule has 0 saturated heterocycles. The second kappa shape index (κ2) is 5.60. The number of ether oxygens (including phenoxy) is 2. The van der Waals surface area contributed by atoms with Gasteiger partial charge in [-0.1, -0.05) is 23.2 Å². The minimum Gasteiger partial charge on any atom is -0.495 e. The smallest absolute Gasteiger partial charge is 0.334 e. The lowest BCUT2D eigenvalue weighted by atomic mass is 10.2. The molecule has 0 saturated carbocycles. The van der Waals surface area contributed by atoms with Gasteiger partial charge in [-0.25, -0.2) is 9.36 Å². The molecular formula is C12H10Cl2N2O4. The molecular weight excluding hydrogens is 307 g/mol. The number of benzene rings is 1. The number of methoxy groups -OCH3 is 2. The van der Waals surface area contributed by atoms with Gasteiger partial charge in [0.15, 0.2) is 0 Å². The van der Waals surface area contributed by atoms with E-state index in [1.165, 1.54) is 26.4 Å². The van der Waals surface area contributed by atoms with Crippen LogP contribution >= 0.6 is 23.2 Å². The maximum atomic E-state index is 11.9. The lowest BCUT2D eigenvalue weighted by Gasteiger charge is -2.13. The van der Waals surface area contributed by atoms with Crippen molar-refractivity contribution >= 4 is 23.2 Å². The van der Waals surface area contributed by atoms with E-state index in [9.17, 15) is 9.59 Å². The Hall–Kier alpha value is -1.92. The maximum Gasteiger partial charge on any atom is 0.334 e. The van der Waals surface area contributed by atoms with E-state index >= 15 is 0 Å². The predicted octanol–water partition coefficient (Wildman–Crippen LogP) is 1.85. The Bertz CT molecular complexity index is 736. The molecule has 1 heterocycles. The topological polar surface area (TPSA) is 73.3 Å². The molecule has 0 unspecified atom stereocenters. The molecule has 0 bridgehead atoms. The van der Waals surface area contributed by atoms with E-state index < -0.39 is 11.2 Å². The number of nitrogens with one attached hydrogen (secondary N) is 1. The zero-order chi connectivity index (χ0) is 14.9. The molecule has 0 aliphatic rings. The van der Waals surface area contributed by atoms with Crippen molar-refractivity contribution < 1.29 is 9.47 Å². The number of aromatic nitrogens is 2. The van der Waals surface area contributed by atoms with Crippen LogP contribution < -0.4 is 20.7 Å². The molecule has 2 rings (SSSR count). The molecule has 106 valence electrons. The summed E-state index contributed by atoms with van der Waals surface area (Å²) in [5.41, 5.74) is -1.08. The molecule has 0 aliphatic heterocycles. The van der Waals surface area contributed by atoms with Crippen molar-refractivity contribution in [2.75, 3.05) is 14.2 Å². The zero-order valence-corrected chi connectivity index (χ0v) is 12.1. The summed E-state index contributed by atoms with van der Waals surface area (Å²) in [5, 5.41) is 0.252. The van der Waals surface area contributed by atoms with E-state index in [-0.39, 0.29) is 16.6 Å². The first-order valence-electron chi connectivity index (χ1n) is 5.41. The Balaban J connectivity index is 2.82. The van der Waals surface area contributed by atoms with Crippen LogP contribution in [0.3, 0.4) is 0 Å². The minimum absolute atomic E-state index is 0.0452. The minimum atomic E-state index is -0.690. The highest BCUT2D eigenvalue weighted by molar-refractivity contribution is 6.32. The Morgan fingerprint density at radius 3 is 2.25 bits per heavy atom. The summed E-state index contributed by atoms with van der Waals surface area (Å²) in [6.45, 7) is 0. The average molecular weight is 317 g/mol. The van der Waals surface area contributed by atoms with Crippen LogP contribution in [0.25, 0.3) is 5.69 Å². The molecule has 2 aromatic rings.